The van der Waals surface area contributed by atoms with Crippen LogP contribution in [0.3, 0.4) is 0 Å². The van der Waals surface area contributed by atoms with Crippen LogP contribution >= 0.6 is 11.3 Å². The van der Waals surface area contributed by atoms with Gasteiger partial charge in [0.05, 0.1) is 6.61 Å². The van der Waals surface area contributed by atoms with E-state index in [1.807, 2.05) is 18.4 Å². The van der Waals surface area contributed by atoms with Crippen LogP contribution in [-0.2, 0) is 0 Å². The van der Waals surface area contributed by atoms with Crippen LogP contribution in [0.1, 0.15) is 19.8 Å². The van der Waals surface area contributed by atoms with Crippen LogP contribution in [0.25, 0.3) is 20.5 Å². The molecule has 0 aliphatic heterocycles. The summed E-state index contributed by atoms with van der Waals surface area (Å²) < 4.78 is 7.08. The fraction of sp³-hybridized carbons (Fsp3) is 0.263. The Morgan fingerprint density at radius 3 is 2.59 bits per heavy atom. The molecule has 0 saturated heterocycles. The van der Waals surface area contributed by atoms with E-state index in [1.54, 1.807) is 0 Å². The summed E-state index contributed by atoms with van der Waals surface area (Å²) in [6.45, 7) is 2.98. The maximum absolute atomic E-state index is 5.80. The zero-order chi connectivity index (χ0) is 15.4. The van der Waals surface area contributed by atoms with Gasteiger partial charge in [0.15, 0.2) is 0 Å². The lowest BCUT2D eigenvalue weighted by Crippen LogP contribution is -1.95. The van der Waals surface area contributed by atoms with Gasteiger partial charge < -0.3 is 10.1 Å². The van der Waals surface area contributed by atoms with Crippen LogP contribution < -0.4 is 10.1 Å². The SMILES string of the molecule is CCCCOc1ccc2cc(-c3ccc(NC)cc3)sc2c1. The molecule has 22 heavy (non-hydrogen) atoms. The maximum atomic E-state index is 5.80. The monoisotopic (exact) mass is 311 g/mol. The predicted octanol–water partition coefficient (Wildman–Crippen LogP) is 5.79. The summed E-state index contributed by atoms with van der Waals surface area (Å²) in [5, 5.41) is 4.43. The number of unbranched alkanes of at least 4 members (excludes halogenated alkanes) is 1. The van der Waals surface area contributed by atoms with E-state index in [9.17, 15) is 0 Å². The van der Waals surface area contributed by atoms with E-state index < -0.39 is 0 Å². The molecule has 0 radical (unpaired) electrons. The number of hydrogen-bond acceptors (Lipinski definition) is 3. The van der Waals surface area contributed by atoms with Crippen molar-refractivity contribution in [3.8, 4) is 16.2 Å². The van der Waals surface area contributed by atoms with Crippen LogP contribution in [0.5, 0.6) is 5.75 Å². The molecule has 0 atom stereocenters. The highest BCUT2D eigenvalue weighted by Gasteiger charge is 2.06. The summed E-state index contributed by atoms with van der Waals surface area (Å²) >= 11 is 1.82. The molecule has 1 N–H and O–H groups in total. The smallest absolute Gasteiger partial charge is 0.120 e. The van der Waals surface area contributed by atoms with E-state index >= 15 is 0 Å². The second-order valence-electron chi connectivity index (χ2n) is 5.34. The van der Waals surface area contributed by atoms with Crippen molar-refractivity contribution in [1.82, 2.24) is 0 Å². The van der Waals surface area contributed by atoms with Crippen molar-refractivity contribution >= 4 is 27.1 Å². The molecule has 3 rings (SSSR count). The zero-order valence-corrected chi connectivity index (χ0v) is 13.9. The second-order valence-corrected chi connectivity index (χ2v) is 6.42. The van der Waals surface area contributed by atoms with Gasteiger partial charge in [-0.15, -0.1) is 11.3 Å². The molecule has 0 aliphatic carbocycles. The van der Waals surface area contributed by atoms with E-state index in [4.69, 9.17) is 4.74 Å². The Hall–Kier alpha value is -2.00. The highest BCUT2D eigenvalue weighted by Crippen LogP contribution is 2.35. The van der Waals surface area contributed by atoms with Crippen molar-refractivity contribution < 1.29 is 4.74 Å². The van der Waals surface area contributed by atoms with E-state index in [0.29, 0.717) is 0 Å². The van der Waals surface area contributed by atoms with E-state index in [0.717, 1.165) is 30.9 Å². The van der Waals surface area contributed by atoms with Crippen LogP contribution in [0.2, 0.25) is 0 Å². The Kier molecular flexibility index (Phi) is 4.64. The van der Waals surface area contributed by atoms with Gasteiger partial charge in [-0.3, -0.25) is 0 Å². The molecule has 0 spiro atoms. The molecule has 3 aromatic rings. The molecular weight excluding hydrogens is 290 g/mol. The van der Waals surface area contributed by atoms with Crippen molar-refractivity contribution in [2.24, 2.45) is 0 Å². The number of ether oxygens (including phenoxy) is 1. The molecule has 0 unspecified atom stereocenters. The van der Waals surface area contributed by atoms with Crippen LogP contribution in [0.15, 0.2) is 48.5 Å². The highest BCUT2D eigenvalue weighted by atomic mass is 32.1. The average molecular weight is 311 g/mol. The first-order valence-electron chi connectivity index (χ1n) is 7.74. The molecule has 0 amide bonds. The molecule has 1 heterocycles. The van der Waals surface area contributed by atoms with E-state index in [-0.39, 0.29) is 0 Å². The summed E-state index contributed by atoms with van der Waals surface area (Å²) in [5.74, 6) is 0.972. The molecule has 1 aromatic heterocycles. The minimum Gasteiger partial charge on any atom is -0.494 e. The fourth-order valence-corrected chi connectivity index (χ4v) is 3.48. The van der Waals surface area contributed by atoms with Gasteiger partial charge in [0, 0.05) is 22.3 Å². The second kappa shape index (κ2) is 6.84. The van der Waals surface area contributed by atoms with Gasteiger partial charge >= 0.3 is 0 Å². The minimum absolute atomic E-state index is 0.797. The lowest BCUT2D eigenvalue weighted by molar-refractivity contribution is 0.310. The van der Waals surface area contributed by atoms with E-state index in [1.165, 1.54) is 20.5 Å². The topological polar surface area (TPSA) is 21.3 Å². The Labute approximate surface area is 135 Å². The van der Waals surface area contributed by atoms with E-state index in [2.05, 4.69) is 60.8 Å². The minimum atomic E-state index is 0.797. The van der Waals surface area contributed by atoms with Gasteiger partial charge in [-0.1, -0.05) is 25.5 Å². The average Bonchev–Trinajstić information content (AvgIpc) is 2.98. The molecule has 0 bridgehead atoms. The van der Waals surface area contributed by atoms with Gasteiger partial charge in [-0.05, 0) is 53.8 Å². The number of hydrogen-bond donors (Lipinski definition) is 1. The first kappa shape index (κ1) is 14.9. The summed E-state index contributed by atoms with van der Waals surface area (Å²) in [5.41, 5.74) is 2.39. The Morgan fingerprint density at radius 2 is 1.86 bits per heavy atom. The van der Waals surface area contributed by atoms with Crippen molar-refractivity contribution in [3.63, 3.8) is 0 Å². The quantitative estimate of drug-likeness (QED) is 0.582. The van der Waals surface area contributed by atoms with Gasteiger partial charge in [-0.25, -0.2) is 0 Å². The van der Waals surface area contributed by atoms with Crippen LogP contribution in [0.4, 0.5) is 5.69 Å². The number of thiophene rings is 1. The molecular formula is C19H21NOS. The first-order valence-corrected chi connectivity index (χ1v) is 8.56. The lowest BCUT2D eigenvalue weighted by atomic mass is 10.1. The number of fused-ring (bicyclic) bond motifs is 1. The van der Waals surface area contributed by atoms with Crippen molar-refractivity contribution in [2.45, 2.75) is 19.8 Å². The standard InChI is InChI=1S/C19H21NOS/c1-3-4-11-21-17-10-7-15-12-18(22-19(15)13-17)14-5-8-16(20-2)9-6-14/h5-10,12-13,20H,3-4,11H2,1-2H3. The predicted molar refractivity (Wildman–Crippen MR) is 97.2 cm³/mol. The van der Waals surface area contributed by atoms with Crippen molar-refractivity contribution in [1.29, 1.82) is 0 Å². The van der Waals surface area contributed by atoms with Crippen molar-refractivity contribution in [2.75, 3.05) is 19.0 Å². The Morgan fingerprint density at radius 1 is 1.05 bits per heavy atom. The van der Waals surface area contributed by atoms with Gasteiger partial charge in [0.1, 0.15) is 5.75 Å². The van der Waals surface area contributed by atoms with Gasteiger partial charge in [0.25, 0.3) is 0 Å². The molecule has 0 saturated carbocycles. The largest absolute Gasteiger partial charge is 0.494 e. The number of rotatable bonds is 6. The van der Waals surface area contributed by atoms with Gasteiger partial charge in [0.2, 0.25) is 0 Å². The lowest BCUT2D eigenvalue weighted by Gasteiger charge is -2.04. The zero-order valence-electron chi connectivity index (χ0n) is 13.1. The molecule has 3 heteroatoms. The molecule has 2 aromatic carbocycles. The molecule has 114 valence electrons. The summed E-state index contributed by atoms with van der Waals surface area (Å²) in [6, 6.07) is 17.2. The third-order valence-electron chi connectivity index (χ3n) is 3.72. The normalized spacial score (nSPS) is 10.8. The summed E-state index contributed by atoms with van der Waals surface area (Å²) in [7, 11) is 1.94. The maximum Gasteiger partial charge on any atom is 0.120 e. The van der Waals surface area contributed by atoms with Crippen LogP contribution in [0, 0.1) is 0 Å². The van der Waals surface area contributed by atoms with Crippen LogP contribution in [-0.4, -0.2) is 13.7 Å². The summed E-state index contributed by atoms with van der Waals surface area (Å²) in [6.07, 6.45) is 2.26. The van der Waals surface area contributed by atoms with Gasteiger partial charge in [-0.2, -0.15) is 0 Å². The molecule has 2 nitrogen and oxygen atoms in total. The highest BCUT2D eigenvalue weighted by molar-refractivity contribution is 7.22. The van der Waals surface area contributed by atoms with Crippen molar-refractivity contribution in [3.05, 3.63) is 48.5 Å². The fourth-order valence-electron chi connectivity index (χ4n) is 2.38. The Bertz CT molecular complexity index is 746. The summed E-state index contributed by atoms with van der Waals surface area (Å²) in [4.78, 5) is 1.29. The Balaban J connectivity index is 1.85. The molecule has 0 aliphatic rings. The number of benzene rings is 2. The first-order chi connectivity index (χ1) is 10.8. The molecule has 0 fully saturated rings. The third kappa shape index (κ3) is 3.25. The third-order valence-corrected chi connectivity index (χ3v) is 4.86. The number of anilines is 1. The number of nitrogens with one attached hydrogen (secondary N) is 1.